The molecule has 0 radical (unpaired) electrons. The van der Waals surface area contributed by atoms with E-state index in [1.807, 2.05) is 0 Å². The van der Waals surface area contributed by atoms with Crippen LogP contribution in [0.4, 0.5) is 0 Å². The first-order valence-corrected chi connectivity index (χ1v) is 11.8. The van der Waals surface area contributed by atoms with Crippen molar-refractivity contribution in [3.05, 3.63) is 59.3 Å². The molecular formula is C25H23ClN4O8. The molecule has 198 valence electrons. The van der Waals surface area contributed by atoms with E-state index in [-0.39, 0.29) is 34.5 Å². The van der Waals surface area contributed by atoms with Gasteiger partial charge in [0, 0.05) is 26.3 Å². The fraction of sp³-hybridized carbons (Fsp3) is 0.320. The lowest BCUT2D eigenvalue weighted by atomic mass is 10.1. The quantitative estimate of drug-likeness (QED) is 0.136. The van der Waals surface area contributed by atoms with Gasteiger partial charge < -0.3 is 18.9 Å². The number of fused-ring (bicyclic) bond motifs is 1. The Bertz CT molecular complexity index is 1410. The topological polar surface area (TPSA) is 149 Å². The fourth-order valence-electron chi connectivity index (χ4n) is 3.92. The third kappa shape index (κ3) is 6.03. The zero-order valence-corrected chi connectivity index (χ0v) is 21.3. The molecule has 38 heavy (non-hydrogen) atoms. The Hall–Kier alpha value is -4.16. The molecule has 0 spiro atoms. The molecule has 2 aromatic heterocycles. The van der Waals surface area contributed by atoms with E-state index in [4.69, 9.17) is 30.5 Å². The number of allylic oxidation sites excluding steroid dienone is 1. The summed E-state index contributed by atoms with van der Waals surface area (Å²) in [4.78, 5) is 60.5. The molecule has 0 aliphatic carbocycles. The molecule has 3 heterocycles. The summed E-state index contributed by atoms with van der Waals surface area (Å²) in [5.41, 5.74) is 0.907. The van der Waals surface area contributed by atoms with Crippen LogP contribution in [-0.2, 0) is 33.3 Å². The highest BCUT2D eigenvalue weighted by Gasteiger charge is 2.51. The number of ether oxygens (including phenoxy) is 4. The zero-order chi connectivity index (χ0) is 27.4. The number of esters is 3. The number of aromatic nitrogens is 4. The van der Waals surface area contributed by atoms with E-state index in [2.05, 4.69) is 15.0 Å². The first kappa shape index (κ1) is 26.9. The van der Waals surface area contributed by atoms with E-state index >= 15 is 0 Å². The van der Waals surface area contributed by atoms with E-state index in [9.17, 15) is 19.2 Å². The monoisotopic (exact) mass is 542 g/mol. The van der Waals surface area contributed by atoms with Crippen molar-refractivity contribution >= 4 is 52.5 Å². The van der Waals surface area contributed by atoms with Crippen LogP contribution in [0.25, 0.3) is 17.2 Å². The Morgan fingerprint density at radius 2 is 1.68 bits per heavy atom. The third-order valence-corrected chi connectivity index (χ3v) is 5.72. The van der Waals surface area contributed by atoms with Gasteiger partial charge in [0.25, 0.3) is 0 Å². The maximum Gasteiger partial charge on any atom is 0.303 e. The van der Waals surface area contributed by atoms with E-state index in [0.717, 1.165) is 0 Å². The lowest BCUT2D eigenvalue weighted by Crippen LogP contribution is -2.40. The minimum absolute atomic E-state index is 0.00981. The number of imidazole rings is 1. The van der Waals surface area contributed by atoms with Crippen molar-refractivity contribution < 1.29 is 38.1 Å². The average Bonchev–Trinajstić information content (AvgIpc) is 3.43. The molecule has 0 amide bonds. The van der Waals surface area contributed by atoms with Gasteiger partial charge in [0.1, 0.15) is 18.2 Å². The molecule has 0 unspecified atom stereocenters. The number of rotatable bonds is 8. The van der Waals surface area contributed by atoms with E-state index in [0.29, 0.717) is 5.56 Å². The summed E-state index contributed by atoms with van der Waals surface area (Å²) in [6, 6.07) is 8.65. The molecule has 4 rings (SSSR count). The second-order valence-electron chi connectivity index (χ2n) is 8.28. The summed E-state index contributed by atoms with van der Waals surface area (Å²) >= 11 is 6.35. The third-order valence-electron chi connectivity index (χ3n) is 5.45. The van der Waals surface area contributed by atoms with Crippen molar-refractivity contribution in [3.8, 4) is 0 Å². The van der Waals surface area contributed by atoms with Gasteiger partial charge in [0.2, 0.25) is 0 Å². The molecule has 4 atom stereocenters. The lowest BCUT2D eigenvalue weighted by molar-refractivity contribution is -0.166. The van der Waals surface area contributed by atoms with Gasteiger partial charge in [0.05, 0.1) is 6.33 Å². The molecule has 1 fully saturated rings. The number of ketones is 1. The van der Waals surface area contributed by atoms with Crippen LogP contribution in [0.3, 0.4) is 0 Å². The number of hydrogen-bond donors (Lipinski definition) is 0. The van der Waals surface area contributed by atoms with Crippen molar-refractivity contribution in [2.24, 2.45) is 0 Å². The van der Waals surface area contributed by atoms with Gasteiger partial charge in [-0.3, -0.25) is 23.7 Å². The molecule has 0 saturated carbocycles. The van der Waals surface area contributed by atoms with Crippen LogP contribution in [0.2, 0.25) is 5.15 Å². The molecule has 0 bridgehead atoms. The summed E-state index contributed by atoms with van der Waals surface area (Å²) in [5.74, 6) is -2.03. The molecule has 13 heteroatoms. The minimum atomic E-state index is -1.14. The molecule has 12 nitrogen and oxygen atoms in total. The van der Waals surface area contributed by atoms with Crippen LogP contribution in [0.1, 0.15) is 43.2 Å². The molecule has 1 aromatic carbocycles. The van der Waals surface area contributed by atoms with Gasteiger partial charge >= 0.3 is 17.9 Å². The van der Waals surface area contributed by atoms with Crippen molar-refractivity contribution in [1.29, 1.82) is 0 Å². The summed E-state index contributed by atoms with van der Waals surface area (Å²) in [5, 5.41) is 0.00981. The maximum atomic E-state index is 12.5. The summed E-state index contributed by atoms with van der Waals surface area (Å²) in [7, 11) is 0. The van der Waals surface area contributed by atoms with Crippen LogP contribution in [0.5, 0.6) is 0 Å². The van der Waals surface area contributed by atoms with Crippen LogP contribution in [-0.4, -0.2) is 68.1 Å². The number of benzene rings is 1. The SMILES string of the molecule is CC(=O)OC[C@H]1O[C@@H](n2cnc3c(Cl)nc(/C=C/C(=O)c4ccccc4)nc32)[C@H](OC(C)=O)[C@@H]1OC(C)=O. The van der Waals surface area contributed by atoms with E-state index in [1.54, 1.807) is 30.3 Å². The first-order chi connectivity index (χ1) is 18.1. The first-order valence-electron chi connectivity index (χ1n) is 11.4. The van der Waals surface area contributed by atoms with Gasteiger partial charge in [-0.05, 0) is 12.2 Å². The highest BCUT2D eigenvalue weighted by Crippen LogP contribution is 2.36. The number of nitrogens with zero attached hydrogens (tertiary/aromatic N) is 4. The van der Waals surface area contributed by atoms with E-state index < -0.39 is 42.4 Å². The fourth-order valence-corrected chi connectivity index (χ4v) is 4.14. The second-order valence-corrected chi connectivity index (χ2v) is 8.63. The molecule has 3 aromatic rings. The van der Waals surface area contributed by atoms with Crippen molar-refractivity contribution in [3.63, 3.8) is 0 Å². The maximum absolute atomic E-state index is 12.5. The Kier molecular flexibility index (Phi) is 8.13. The van der Waals surface area contributed by atoms with Crippen molar-refractivity contribution in [2.75, 3.05) is 6.61 Å². The largest absolute Gasteiger partial charge is 0.463 e. The van der Waals surface area contributed by atoms with Crippen LogP contribution in [0, 0.1) is 0 Å². The number of halogens is 1. The van der Waals surface area contributed by atoms with Gasteiger partial charge in [-0.1, -0.05) is 41.9 Å². The predicted octanol–water partition coefficient (Wildman–Crippen LogP) is 2.70. The van der Waals surface area contributed by atoms with Crippen LogP contribution >= 0.6 is 11.6 Å². The Labute approximate surface area is 221 Å². The van der Waals surface area contributed by atoms with Gasteiger partial charge in [0.15, 0.2) is 40.8 Å². The number of hydrogen-bond acceptors (Lipinski definition) is 11. The van der Waals surface area contributed by atoms with Crippen molar-refractivity contribution in [2.45, 2.75) is 45.3 Å². The molecule has 1 saturated heterocycles. The molecule has 0 N–H and O–H groups in total. The summed E-state index contributed by atoms with van der Waals surface area (Å²) < 4.78 is 23.4. The Morgan fingerprint density at radius 1 is 1.00 bits per heavy atom. The summed E-state index contributed by atoms with van der Waals surface area (Å²) in [6.07, 6.45) is -0.207. The Morgan fingerprint density at radius 3 is 2.34 bits per heavy atom. The molecule has 1 aliphatic rings. The highest BCUT2D eigenvalue weighted by molar-refractivity contribution is 6.33. The smallest absolute Gasteiger partial charge is 0.303 e. The highest BCUT2D eigenvalue weighted by atomic mass is 35.5. The normalized spacial score (nSPS) is 20.9. The standard InChI is InChI=1S/C25H23ClN4O8/c1-13(31)35-11-18-21(36-14(2)32)22(37-15(3)33)25(38-18)30-12-27-20-23(26)28-19(29-24(20)30)10-9-17(34)16-7-5-4-6-8-16/h4-10,12,18,21-22,25H,11H2,1-3H3/b10-9+/t18-,21-,22-,25-/m1/s1. The van der Waals surface area contributed by atoms with Gasteiger partial charge in [-0.25, -0.2) is 15.0 Å². The molecule has 1 aliphatic heterocycles. The average molecular weight is 543 g/mol. The lowest BCUT2D eigenvalue weighted by Gasteiger charge is -2.23. The number of carbonyl (C=O) groups excluding carboxylic acids is 4. The predicted molar refractivity (Wildman–Crippen MR) is 132 cm³/mol. The zero-order valence-electron chi connectivity index (χ0n) is 20.6. The van der Waals surface area contributed by atoms with Crippen LogP contribution < -0.4 is 0 Å². The van der Waals surface area contributed by atoms with Gasteiger partial charge in [-0.2, -0.15) is 0 Å². The minimum Gasteiger partial charge on any atom is -0.463 e. The number of carbonyl (C=O) groups is 4. The Balaban J connectivity index is 1.71. The second kappa shape index (κ2) is 11.5. The van der Waals surface area contributed by atoms with Gasteiger partial charge in [-0.15, -0.1) is 0 Å². The van der Waals surface area contributed by atoms with Crippen molar-refractivity contribution in [1.82, 2.24) is 19.5 Å². The summed E-state index contributed by atoms with van der Waals surface area (Å²) in [6.45, 7) is 3.34. The van der Waals surface area contributed by atoms with Crippen LogP contribution in [0.15, 0.2) is 42.7 Å². The molecular weight excluding hydrogens is 520 g/mol. The van der Waals surface area contributed by atoms with E-state index in [1.165, 1.54) is 43.8 Å².